The summed E-state index contributed by atoms with van der Waals surface area (Å²) in [7, 11) is 0. The molecule has 1 saturated heterocycles. The Morgan fingerprint density at radius 2 is 2.16 bits per heavy atom. The normalized spacial score (nSPS) is 17.8. The zero-order valence-electron chi connectivity index (χ0n) is 10.6. The Morgan fingerprint density at radius 1 is 1.47 bits per heavy atom. The summed E-state index contributed by atoms with van der Waals surface area (Å²) in [6.45, 7) is 2.12. The van der Waals surface area contributed by atoms with E-state index in [1.807, 2.05) is 47.8 Å². The van der Waals surface area contributed by atoms with Crippen LogP contribution in [-0.4, -0.2) is 27.7 Å². The van der Waals surface area contributed by atoms with Crippen molar-refractivity contribution in [3.05, 3.63) is 33.4 Å². The molecule has 1 fully saturated rings. The molecule has 19 heavy (non-hydrogen) atoms. The Hall–Kier alpha value is -0.210. The van der Waals surface area contributed by atoms with Crippen molar-refractivity contribution in [1.82, 2.24) is 5.43 Å². The largest absolute Gasteiger partial charge is 0.273 e. The van der Waals surface area contributed by atoms with E-state index in [-0.39, 0.29) is 9.99 Å². The summed E-state index contributed by atoms with van der Waals surface area (Å²) >= 11 is 5.96. The average Bonchev–Trinajstić information content (AvgIpc) is 2.78. The highest BCUT2D eigenvalue weighted by molar-refractivity contribution is 14.1. The van der Waals surface area contributed by atoms with Crippen molar-refractivity contribution >= 4 is 58.2 Å². The minimum absolute atomic E-state index is 0.0147. The molecule has 0 bridgehead atoms. The van der Waals surface area contributed by atoms with Crippen LogP contribution in [0, 0.1) is 3.57 Å². The predicted molar refractivity (Wildman–Crippen MR) is 92.8 cm³/mol. The van der Waals surface area contributed by atoms with Crippen molar-refractivity contribution in [3.8, 4) is 0 Å². The highest BCUT2D eigenvalue weighted by Crippen LogP contribution is 2.45. The molecule has 0 saturated carbocycles. The van der Waals surface area contributed by atoms with E-state index in [0.717, 1.165) is 20.6 Å². The van der Waals surface area contributed by atoms with Crippen LogP contribution in [0.5, 0.6) is 0 Å². The minimum atomic E-state index is -0.0217. The Labute approximate surface area is 135 Å². The van der Waals surface area contributed by atoms with Crippen molar-refractivity contribution in [2.45, 2.75) is 17.4 Å². The van der Waals surface area contributed by atoms with Crippen molar-refractivity contribution in [1.29, 1.82) is 0 Å². The number of benzene rings is 1. The van der Waals surface area contributed by atoms with Crippen molar-refractivity contribution < 1.29 is 4.79 Å². The van der Waals surface area contributed by atoms with Crippen LogP contribution < -0.4 is 5.43 Å². The molecule has 2 rings (SSSR count). The average molecular weight is 406 g/mol. The van der Waals surface area contributed by atoms with Gasteiger partial charge in [-0.25, -0.2) is 5.43 Å². The molecule has 0 atom stereocenters. The number of rotatable bonds is 4. The number of amides is 1. The van der Waals surface area contributed by atoms with Crippen molar-refractivity contribution in [3.63, 3.8) is 0 Å². The second-order valence-corrected chi connectivity index (χ2v) is 8.94. The Kier molecular flexibility index (Phi) is 5.58. The highest BCUT2D eigenvalue weighted by Gasteiger charge is 2.32. The van der Waals surface area contributed by atoms with E-state index in [1.165, 1.54) is 0 Å². The van der Waals surface area contributed by atoms with Crippen LogP contribution in [-0.2, 0) is 4.79 Å². The van der Waals surface area contributed by atoms with Gasteiger partial charge in [0.15, 0.2) is 0 Å². The van der Waals surface area contributed by atoms with E-state index in [1.54, 1.807) is 6.21 Å². The van der Waals surface area contributed by atoms with Crippen molar-refractivity contribution in [2.24, 2.45) is 5.10 Å². The first-order valence-electron chi connectivity index (χ1n) is 5.93. The fourth-order valence-corrected chi connectivity index (χ4v) is 5.10. The van der Waals surface area contributed by atoms with Crippen molar-refractivity contribution in [2.75, 3.05) is 11.5 Å². The summed E-state index contributed by atoms with van der Waals surface area (Å²) in [6.07, 6.45) is 2.20. The van der Waals surface area contributed by atoms with Gasteiger partial charge in [-0.1, -0.05) is 18.2 Å². The standard InChI is InChI=1S/C13H15IN2OS2/c1-13(18-6-7-19-13)8-12(17)16-15-9-10-4-2-3-5-11(10)14/h2-5,9H,6-8H2,1H3,(H,16,17)/b15-9-. The first-order chi connectivity index (χ1) is 9.09. The lowest BCUT2D eigenvalue weighted by Crippen LogP contribution is -2.26. The number of carbonyl (C=O) groups excluding carboxylic acids is 1. The number of carbonyl (C=O) groups is 1. The molecule has 102 valence electrons. The maximum absolute atomic E-state index is 11.8. The van der Waals surface area contributed by atoms with E-state index in [4.69, 9.17) is 0 Å². The number of nitrogens with one attached hydrogen (secondary N) is 1. The number of hydrogen-bond acceptors (Lipinski definition) is 4. The second kappa shape index (κ2) is 6.99. The lowest BCUT2D eigenvalue weighted by atomic mass is 10.2. The summed E-state index contributed by atoms with van der Waals surface area (Å²) in [5, 5.41) is 4.03. The number of hydrogen-bond donors (Lipinski definition) is 1. The number of halogens is 1. The third-order valence-corrected chi connectivity index (χ3v) is 6.95. The zero-order chi connectivity index (χ0) is 13.7. The fraction of sp³-hybridized carbons (Fsp3) is 0.385. The Balaban J connectivity index is 1.85. The van der Waals surface area contributed by atoms with Gasteiger partial charge in [-0.05, 0) is 35.6 Å². The number of thioether (sulfide) groups is 2. The van der Waals surface area contributed by atoms with Gasteiger partial charge < -0.3 is 0 Å². The molecule has 1 aromatic carbocycles. The molecule has 6 heteroatoms. The molecule has 1 heterocycles. The number of nitrogens with zero attached hydrogens (tertiary/aromatic N) is 1. The van der Waals surface area contributed by atoms with Crippen LogP contribution in [0.1, 0.15) is 18.9 Å². The molecule has 1 aliphatic rings. The van der Waals surface area contributed by atoms with Crippen LogP contribution in [0.4, 0.5) is 0 Å². The summed E-state index contributed by atoms with van der Waals surface area (Å²) in [5.41, 5.74) is 3.62. The van der Waals surface area contributed by atoms with E-state index in [2.05, 4.69) is 40.0 Å². The molecule has 0 radical (unpaired) electrons. The molecule has 1 aromatic rings. The third-order valence-electron chi connectivity index (χ3n) is 2.68. The molecule has 3 nitrogen and oxygen atoms in total. The maximum Gasteiger partial charge on any atom is 0.242 e. The van der Waals surface area contributed by atoms with Crippen LogP contribution in [0.3, 0.4) is 0 Å². The zero-order valence-corrected chi connectivity index (χ0v) is 14.3. The van der Waals surface area contributed by atoms with Gasteiger partial charge in [-0.2, -0.15) is 5.10 Å². The third kappa shape index (κ3) is 4.68. The van der Waals surface area contributed by atoms with Gasteiger partial charge in [0.1, 0.15) is 0 Å². The topological polar surface area (TPSA) is 41.5 Å². The SMILES string of the molecule is CC1(CC(=O)N/N=C\c2ccccc2I)SCCS1. The highest BCUT2D eigenvalue weighted by atomic mass is 127. The van der Waals surface area contributed by atoms with Crippen LogP contribution in [0.15, 0.2) is 29.4 Å². The van der Waals surface area contributed by atoms with Gasteiger partial charge in [0.2, 0.25) is 5.91 Å². The number of hydrazone groups is 1. The molecular formula is C13H15IN2OS2. The molecule has 0 aromatic heterocycles. The summed E-state index contributed by atoms with van der Waals surface area (Å²) in [5.74, 6) is 2.23. The quantitative estimate of drug-likeness (QED) is 0.474. The molecule has 1 amide bonds. The van der Waals surface area contributed by atoms with Gasteiger partial charge in [-0.3, -0.25) is 4.79 Å². The van der Waals surface area contributed by atoms with Gasteiger partial charge >= 0.3 is 0 Å². The lowest BCUT2D eigenvalue weighted by molar-refractivity contribution is -0.121. The molecule has 1 aliphatic heterocycles. The van der Waals surface area contributed by atoms with Gasteiger partial charge in [-0.15, -0.1) is 23.5 Å². The smallest absolute Gasteiger partial charge is 0.242 e. The molecule has 0 aliphatic carbocycles. The van der Waals surface area contributed by atoms with Crippen LogP contribution in [0.25, 0.3) is 0 Å². The second-order valence-electron chi connectivity index (χ2n) is 4.32. The minimum Gasteiger partial charge on any atom is -0.273 e. The molecule has 0 unspecified atom stereocenters. The monoisotopic (exact) mass is 406 g/mol. The summed E-state index contributed by atoms with van der Waals surface area (Å²) in [4.78, 5) is 11.8. The van der Waals surface area contributed by atoms with Gasteiger partial charge in [0.25, 0.3) is 0 Å². The lowest BCUT2D eigenvalue weighted by Gasteiger charge is -2.19. The Morgan fingerprint density at radius 3 is 2.84 bits per heavy atom. The fourth-order valence-electron chi connectivity index (χ4n) is 1.74. The first kappa shape index (κ1) is 15.2. The van der Waals surface area contributed by atoms with Crippen LogP contribution in [0.2, 0.25) is 0 Å². The van der Waals surface area contributed by atoms with E-state index >= 15 is 0 Å². The first-order valence-corrected chi connectivity index (χ1v) is 8.98. The summed E-state index contributed by atoms with van der Waals surface area (Å²) in [6, 6.07) is 7.92. The van der Waals surface area contributed by atoms with E-state index in [0.29, 0.717) is 6.42 Å². The maximum atomic E-state index is 11.8. The van der Waals surface area contributed by atoms with E-state index in [9.17, 15) is 4.79 Å². The molecule has 1 N–H and O–H groups in total. The van der Waals surface area contributed by atoms with Crippen LogP contribution >= 0.6 is 46.1 Å². The van der Waals surface area contributed by atoms with E-state index < -0.39 is 0 Å². The molecular weight excluding hydrogens is 391 g/mol. The van der Waals surface area contributed by atoms with Gasteiger partial charge in [0, 0.05) is 20.6 Å². The summed E-state index contributed by atoms with van der Waals surface area (Å²) < 4.78 is 1.13. The molecule has 0 spiro atoms. The Bertz CT molecular complexity index is 487. The predicted octanol–water partition coefficient (Wildman–Crippen LogP) is 3.33. The van der Waals surface area contributed by atoms with Gasteiger partial charge in [0.05, 0.1) is 16.7 Å².